The number of aromatic nitrogens is 3. The maximum atomic E-state index is 15.0. The smallest absolute Gasteiger partial charge is 0.416 e. The van der Waals surface area contributed by atoms with Crippen LogP contribution in [0.15, 0.2) is 48.9 Å². The monoisotopic (exact) mass is 566 g/mol. The summed E-state index contributed by atoms with van der Waals surface area (Å²) in [5, 5.41) is 13.7. The molecule has 0 radical (unpaired) electrons. The van der Waals surface area contributed by atoms with Crippen LogP contribution in [0, 0.1) is 11.2 Å². The number of carbonyl (C=O) groups is 1. The summed E-state index contributed by atoms with van der Waals surface area (Å²) in [6.07, 6.45) is -1.55. The van der Waals surface area contributed by atoms with Gasteiger partial charge in [0.1, 0.15) is 17.3 Å². The summed E-state index contributed by atoms with van der Waals surface area (Å²) in [5.74, 6) is -2.83. The van der Waals surface area contributed by atoms with Crippen LogP contribution in [0.25, 0.3) is 0 Å². The minimum atomic E-state index is -4.76. The third-order valence-corrected chi connectivity index (χ3v) is 9.06. The van der Waals surface area contributed by atoms with Crippen LogP contribution in [0.5, 0.6) is 5.88 Å². The molecule has 0 saturated carbocycles. The Morgan fingerprint density at radius 3 is 2.44 bits per heavy atom. The molecule has 1 aromatic carbocycles. The first-order valence-corrected chi connectivity index (χ1v) is 12.9. The highest BCUT2D eigenvalue weighted by Gasteiger charge is 2.56. The number of methoxy groups -OCH3 is 1. The van der Waals surface area contributed by atoms with Gasteiger partial charge >= 0.3 is 6.18 Å². The molecule has 4 rings (SSSR count). The fraction of sp³-hybridized carbons (Fsp3) is 0.292. The van der Waals surface area contributed by atoms with Gasteiger partial charge in [0.25, 0.3) is 5.91 Å². The number of pyridine rings is 1. The van der Waals surface area contributed by atoms with Gasteiger partial charge in [-0.1, -0.05) is 0 Å². The third-order valence-electron chi connectivity index (χ3n) is 6.44. The molecule has 2 aromatic heterocycles. The molecule has 0 spiro atoms. The van der Waals surface area contributed by atoms with Crippen molar-refractivity contribution in [2.45, 2.75) is 30.3 Å². The zero-order chi connectivity index (χ0) is 28.8. The quantitative estimate of drug-likeness (QED) is 0.398. The lowest BCUT2D eigenvalue weighted by Gasteiger charge is -2.44. The minimum absolute atomic E-state index is 0.0719. The normalized spacial score (nSPS) is 22.6. The van der Waals surface area contributed by atoms with Gasteiger partial charge in [0, 0.05) is 17.4 Å². The van der Waals surface area contributed by atoms with E-state index in [4.69, 9.17) is 10.1 Å². The Hall–Kier alpha value is -4.14. The molecule has 3 aromatic rings. The number of carbonyl (C=O) groups excluding carboxylic acids is 1. The van der Waals surface area contributed by atoms with Gasteiger partial charge in [-0.05, 0) is 44.2 Å². The Balaban J connectivity index is 1.67. The molecule has 0 unspecified atom stereocenters. The van der Waals surface area contributed by atoms with Crippen molar-refractivity contribution in [1.82, 2.24) is 20.3 Å². The maximum Gasteiger partial charge on any atom is 0.416 e. The summed E-state index contributed by atoms with van der Waals surface area (Å²) in [6.45, 7) is 2.40. The molecule has 10 nitrogen and oxygen atoms in total. The van der Waals surface area contributed by atoms with Crippen LogP contribution in [0.1, 0.15) is 41.2 Å². The first kappa shape index (κ1) is 27.9. The van der Waals surface area contributed by atoms with E-state index in [2.05, 4.69) is 25.6 Å². The Labute approximate surface area is 220 Å². The maximum absolute atomic E-state index is 15.0. The molecule has 39 heavy (non-hydrogen) atoms. The molecule has 3 heterocycles. The fourth-order valence-electron chi connectivity index (χ4n) is 4.17. The standard InChI is InChI=1S/C24H22F4N6O4S/c1-22(15-9-14(4-5-16(15)25)33-20(35)17-10-32-19(38-3)11-31-17)12-39(36,37)23(2,21(29)34-22)18-8-13(6-7-30-18)24(26,27)28/h4-11H,12H2,1-3H3,(H2,29,34)(H,33,35)/t22-,23+/m0/s1. The zero-order valence-electron chi connectivity index (χ0n) is 20.7. The number of nitrogens with zero attached hydrogens (tertiary/aromatic N) is 3. The van der Waals surface area contributed by atoms with Crippen LogP contribution in [0.3, 0.4) is 0 Å². The number of nitrogens with one attached hydrogen (secondary N) is 3. The summed E-state index contributed by atoms with van der Waals surface area (Å²) >= 11 is 0. The second-order valence-corrected chi connectivity index (χ2v) is 11.5. The molecule has 0 aliphatic carbocycles. The van der Waals surface area contributed by atoms with Crippen molar-refractivity contribution in [3.8, 4) is 5.88 Å². The van der Waals surface area contributed by atoms with Gasteiger partial charge in [-0.15, -0.1) is 0 Å². The van der Waals surface area contributed by atoms with Gasteiger partial charge in [-0.2, -0.15) is 13.2 Å². The minimum Gasteiger partial charge on any atom is -0.480 e. The average Bonchev–Trinajstić information content (AvgIpc) is 2.87. The van der Waals surface area contributed by atoms with Crippen LogP contribution in [0.4, 0.5) is 23.2 Å². The fourth-order valence-corrected chi connectivity index (χ4v) is 6.24. The van der Waals surface area contributed by atoms with E-state index < -0.39 is 60.9 Å². The van der Waals surface area contributed by atoms with E-state index in [1.54, 1.807) is 0 Å². The summed E-state index contributed by atoms with van der Waals surface area (Å²) in [4.78, 5) is 24.2. The number of amidine groups is 1. The molecule has 15 heteroatoms. The number of benzene rings is 1. The molecule has 0 bridgehead atoms. The van der Waals surface area contributed by atoms with E-state index in [1.807, 2.05) is 0 Å². The first-order valence-electron chi connectivity index (χ1n) is 11.2. The molecule has 206 valence electrons. The third kappa shape index (κ3) is 5.01. The second-order valence-electron chi connectivity index (χ2n) is 9.14. The lowest BCUT2D eigenvalue weighted by atomic mass is 9.90. The number of sulfone groups is 1. The van der Waals surface area contributed by atoms with Crippen molar-refractivity contribution >= 4 is 27.3 Å². The number of amides is 1. The molecule has 1 fully saturated rings. The molecule has 1 aliphatic heterocycles. The molecule has 1 saturated heterocycles. The van der Waals surface area contributed by atoms with Crippen LogP contribution >= 0.6 is 0 Å². The van der Waals surface area contributed by atoms with Crippen LogP contribution in [-0.4, -0.2) is 48.0 Å². The van der Waals surface area contributed by atoms with Gasteiger partial charge < -0.3 is 15.4 Å². The van der Waals surface area contributed by atoms with Gasteiger partial charge in [0.2, 0.25) is 5.88 Å². The number of hydrogen-bond donors (Lipinski definition) is 3. The number of halogens is 4. The Morgan fingerprint density at radius 2 is 1.85 bits per heavy atom. The summed E-state index contributed by atoms with van der Waals surface area (Å²) < 4.78 is 84.6. The highest BCUT2D eigenvalue weighted by molar-refractivity contribution is 7.93. The van der Waals surface area contributed by atoms with Gasteiger partial charge in [-0.3, -0.25) is 15.2 Å². The molecule has 1 aliphatic rings. The summed E-state index contributed by atoms with van der Waals surface area (Å²) in [6, 6.07) is 4.73. The van der Waals surface area contributed by atoms with Gasteiger partial charge in [-0.25, -0.2) is 22.8 Å². The van der Waals surface area contributed by atoms with E-state index in [9.17, 15) is 26.4 Å². The highest BCUT2D eigenvalue weighted by atomic mass is 32.2. The first-order chi connectivity index (χ1) is 18.1. The Morgan fingerprint density at radius 1 is 1.13 bits per heavy atom. The Kier molecular flexibility index (Phi) is 6.83. The van der Waals surface area contributed by atoms with Crippen molar-refractivity contribution < 1.29 is 35.5 Å². The van der Waals surface area contributed by atoms with Crippen molar-refractivity contribution in [3.05, 3.63) is 77.3 Å². The van der Waals surface area contributed by atoms with E-state index in [-0.39, 0.29) is 22.8 Å². The lowest BCUT2D eigenvalue weighted by Crippen LogP contribution is -2.63. The topological polar surface area (TPSA) is 147 Å². The number of hydrogen-bond acceptors (Lipinski definition) is 8. The van der Waals surface area contributed by atoms with E-state index >= 15 is 4.39 Å². The van der Waals surface area contributed by atoms with Gasteiger partial charge in [0.15, 0.2) is 14.6 Å². The number of ether oxygens (including phenoxy) is 1. The summed E-state index contributed by atoms with van der Waals surface area (Å²) in [5.41, 5.74) is -3.53. The molecule has 2 atom stereocenters. The zero-order valence-corrected chi connectivity index (χ0v) is 21.5. The van der Waals surface area contributed by atoms with E-state index in [1.165, 1.54) is 38.6 Å². The number of anilines is 1. The molecular formula is C24H22F4N6O4S. The molecule has 3 N–H and O–H groups in total. The number of alkyl halides is 3. The van der Waals surface area contributed by atoms with Gasteiger partial charge in [0.05, 0.1) is 42.1 Å². The van der Waals surface area contributed by atoms with Crippen LogP contribution in [0.2, 0.25) is 0 Å². The molecular weight excluding hydrogens is 544 g/mol. The van der Waals surface area contributed by atoms with E-state index in [0.717, 1.165) is 19.2 Å². The Bertz CT molecular complexity index is 1570. The highest BCUT2D eigenvalue weighted by Crippen LogP contribution is 2.42. The van der Waals surface area contributed by atoms with Crippen molar-refractivity contribution in [2.24, 2.45) is 0 Å². The van der Waals surface area contributed by atoms with Crippen molar-refractivity contribution in [3.63, 3.8) is 0 Å². The predicted octanol–water partition coefficient (Wildman–Crippen LogP) is 3.42. The SMILES string of the molecule is COc1cnc(C(=O)Nc2ccc(F)c([C@]3(C)CS(=O)(=O)[C@](C)(c4cc(C(F)(F)F)ccn4)C(=N)N3)c2)cn1. The molecule has 1 amide bonds. The van der Waals surface area contributed by atoms with Crippen molar-refractivity contribution in [2.75, 3.05) is 18.2 Å². The largest absolute Gasteiger partial charge is 0.480 e. The predicted molar refractivity (Wildman–Crippen MR) is 132 cm³/mol. The summed E-state index contributed by atoms with van der Waals surface area (Å²) in [7, 11) is -3.07. The van der Waals surface area contributed by atoms with Crippen LogP contribution < -0.4 is 15.4 Å². The van der Waals surface area contributed by atoms with Crippen molar-refractivity contribution in [1.29, 1.82) is 5.41 Å². The average molecular weight is 567 g/mol. The van der Waals surface area contributed by atoms with E-state index in [0.29, 0.717) is 12.1 Å². The van der Waals surface area contributed by atoms with Crippen LogP contribution in [-0.2, 0) is 26.3 Å². The lowest BCUT2D eigenvalue weighted by molar-refractivity contribution is -0.137. The number of rotatable bonds is 5. The second kappa shape index (κ2) is 9.55.